The van der Waals surface area contributed by atoms with Gasteiger partial charge in [0.1, 0.15) is 0 Å². The summed E-state index contributed by atoms with van der Waals surface area (Å²) in [7, 11) is 0. The Morgan fingerprint density at radius 2 is 1.15 bits per heavy atom. The summed E-state index contributed by atoms with van der Waals surface area (Å²) in [6, 6.07) is 50.7. The molecule has 2 heteroatoms. The lowest BCUT2D eigenvalue weighted by molar-refractivity contribution is 1.11. The van der Waals surface area contributed by atoms with Gasteiger partial charge in [0, 0.05) is 5.56 Å². The Morgan fingerprint density at radius 1 is 0.604 bits per heavy atom. The van der Waals surface area contributed by atoms with Crippen LogP contribution in [-0.4, -0.2) is 4.98 Å². The molecular weight excluding hydrogens is 599 g/mol. The number of benzene rings is 6. The zero-order valence-electron chi connectivity index (χ0n) is 27.4. The zero-order valence-corrected chi connectivity index (χ0v) is 28.2. The summed E-state index contributed by atoms with van der Waals surface area (Å²) < 4.78 is 1.21. The van der Waals surface area contributed by atoms with Crippen molar-refractivity contribution in [3.63, 3.8) is 0 Å². The molecule has 48 heavy (non-hydrogen) atoms. The normalized spacial score (nSPS) is 11.8. The van der Waals surface area contributed by atoms with Gasteiger partial charge in [-0.2, -0.15) is 0 Å². The van der Waals surface area contributed by atoms with Gasteiger partial charge in [0.25, 0.3) is 0 Å². The first-order chi connectivity index (χ1) is 23.6. The number of rotatable bonds is 9. The van der Waals surface area contributed by atoms with Gasteiger partial charge in [0.15, 0.2) is 0 Å². The Balaban J connectivity index is 1.35. The summed E-state index contributed by atoms with van der Waals surface area (Å²) in [6.45, 7) is 8.06. The third-order valence-electron chi connectivity index (χ3n) is 8.77. The molecule has 6 aromatic carbocycles. The van der Waals surface area contributed by atoms with Crippen molar-refractivity contribution < 1.29 is 0 Å². The first-order valence-electron chi connectivity index (χ1n) is 16.5. The van der Waals surface area contributed by atoms with E-state index >= 15 is 0 Å². The van der Waals surface area contributed by atoms with Crippen molar-refractivity contribution >= 4 is 27.1 Å². The van der Waals surface area contributed by atoms with Crippen LogP contribution < -0.4 is 0 Å². The van der Waals surface area contributed by atoms with E-state index in [1.165, 1.54) is 65.9 Å². The molecule has 0 saturated carbocycles. The predicted octanol–water partition coefficient (Wildman–Crippen LogP) is 13.3. The summed E-state index contributed by atoms with van der Waals surface area (Å²) in [4.78, 5) is 5.14. The fourth-order valence-corrected chi connectivity index (χ4v) is 7.23. The van der Waals surface area contributed by atoms with Gasteiger partial charge in [-0.3, -0.25) is 0 Å². The van der Waals surface area contributed by atoms with Crippen molar-refractivity contribution in [2.75, 3.05) is 0 Å². The molecule has 0 saturated heterocycles. The van der Waals surface area contributed by atoms with Gasteiger partial charge in [-0.25, -0.2) is 4.98 Å². The third kappa shape index (κ3) is 6.49. The highest BCUT2D eigenvalue weighted by Gasteiger charge is 2.15. The second kappa shape index (κ2) is 14.0. The second-order valence-corrected chi connectivity index (χ2v) is 13.0. The molecular formula is C46H37NS. The van der Waals surface area contributed by atoms with Crippen LogP contribution in [0.2, 0.25) is 0 Å². The van der Waals surface area contributed by atoms with E-state index in [-0.39, 0.29) is 0 Å². The molecule has 7 rings (SSSR count). The number of allylic oxidation sites excluding steroid dienone is 5. The molecule has 0 bridgehead atoms. The van der Waals surface area contributed by atoms with Gasteiger partial charge in [-0.05, 0) is 111 Å². The molecule has 0 radical (unpaired) electrons. The van der Waals surface area contributed by atoms with E-state index in [4.69, 9.17) is 4.98 Å². The number of aromatic nitrogens is 1. The second-order valence-electron chi connectivity index (χ2n) is 11.9. The van der Waals surface area contributed by atoms with E-state index in [9.17, 15) is 0 Å². The Hall–Kier alpha value is -5.57. The van der Waals surface area contributed by atoms with E-state index < -0.39 is 0 Å². The minimum atomic E-state index is 0.915. The standard InChI is InChI=1S/C46H37NS/c1-4-7-15-32(5-2)35-22-24-36(25-23-35)37-20-14-21-38(26-37)43-30-42(31-44-46(43)47-45(6-3)48-44)41-28-39(33-16-10-8-11-17-33)27-40(29-41)34-18-12-9-13-19-34/h4-5,7-31H,1,6H2,2-3H3/b15-7-,32-5+. The molecule has 0 fully saturated rings. The van der Waals surface area contributed by atoms with Gasteiger partial charge < -0.3 is 0 Å². The van der Waals surface area contributed by atoms with Crippen LogP contribution >= 0.6 is 11.3 Å². The van der Waals surface area contributed by atoms with Crippen molar-refractivity contribution in [1.29, 1.82) is 0 Å². The average Bonchev–Trinajstić information content (AvgIpc) is 3.59. The van der Waals surface area contributed by atoms with Gasteiger partial charge in [0.2, 0.25) is 0 Å². The van der Waals surface area contributed by atoms with E-state index in [2.05, 4.69) is 172 Å². The van der Waals surface area contributed by atoms with Gasteiger partial charge in [-0.15, -0.1) is 11.3 Å². The molecule has 1 aromatic heterocycles. The topological polar surface area (TPSA) is 12.9 Å². The Kier molecular flexibility index (Phi) is 9.09. The number of thiazole rings is 1. The fourth-order valence-electron chi connectivity index (χ4n) is 6.25. The van der Waals surface area contributed by atoms with Crippen LogP contribution in [0.5, 0.6) is 0 Å². The summed E-state index contributed by atoms with van der Waals surface area (Å²) >= 11 is 1.80. The molecule has 0 N–H and O–H groups in total. The largest absolute Gasteiger partial charge is 0.241 e. The fraction of sp³-hybridized carbons (Fsp3) is 0.0652. The Morgan fingerprint density at radius 3 is 1.75 bits per heavy atom. The van der Waals surface area contributed by atoms with Crippen molar-refractivity contribution in [3.05, 3.63) is 181 Å². The quantitative estimate of drug-likeness (QED) is 0.144. The molecule has 0 amide bonds. The lowest BCUT2D eigenvalue weighted by Crippen LogP contribution is -1.89. The van der Waals surface area contributed by atoms with E-state index in [0.29, 0.717) is 0 Å². The maximum absolute atomic E-state index is 5.14. The summed E-state index contributed by atoms with van der Waals surface area (Å²) in [6.07, 6.45) is 8.92. The number of aryl methyl sites for hydroxylation is 1. The predicted molar refractivity (Wildman–Crippen MR) is 209 cm³/mol. The maximum atomic E-state index is 5.14. The number of hydrogen-bond acceptors (Lipinski definition) is 2. The molecule has 0 aliphatic heterocycles. The molecule has 0 spiro atoms. The SMILES string of the molecule is C=C/C=C\C(=C/C)c1ccc(-c2cccc(-c3cc(-c4cc(-c5ccccc5)cc(-c5ccccc5)c4)cc4sc(CC)nc34)c2)cc1. The zero-order chi connectivity index (χ0) is 32.9. The first-order valence-corrected chi connectivity index (χ1v) is 17.3. The van der Waals surface area contributed by atoms with Crippen molar-refractivity contribution in [2.45, 2.75) is 20.3 Å². The molecule has 0 unspecified atom stereocenters. The summed E-state index contributed by atoms with van der Waals surface area (Å²) in [5, 5.41) is 1.16. The Labute approximate surface area is 287 Å². The third-order valence-corrected chi connectivity index (χ3v) is 9.92. The molecule has 1 nitrogen and oxygen atoms in total. The molecule has 0 atom stereocenters. The average molecular weight is 636 g/mol. The lowest BCUT2D eigenvalue weighted by Gasteiger charge is -2.13. The van der Waals surface area contributed by atoms with Crippen LogP contribution in [0.15, 0.2) is 170 Å². The number of hydrogen-bond donors (Lipinski definition) is 0. The molecule has 0 aliphatic rings. The molecule has 7 aromatic rings. The number of nitrogens with zero attached hydrogens (tertiary/aromatic N) is 1. The summed E-state index contributed by atoms with van der Waals surface area (Å²) in [5.41, 5.74) is 15.4. The van der Waals surface area contributed by atoms with Crippen LogP contribution in [0.3, 0.4) is 0 Å². The van der Waals surface area contributed by atoms with E-state index in [1.54, 1.807) is 11.3 Å². The highest BCUT2D eigenvalue weighted by Crippen LogP contribution is 2.40. The highest BCUT2D eigenvalue weighted by atomic mass is 32.1. The van der Waals surface area contributed by atoms with Crippen LogP contribution in [0.4, 0.5) is 0 Å². The van der Waals surface area contributed by atoms with Crippen molar-refractivity contribution in [2.24, 2.45) is 0 Å². The molecule has 0 aliphatic carbocycles. The maximum Gasteiger partial charge on any atom is 0.0936 e. The van der Waals surface area contributed by atoms with Crippen LogP contribution in [-0.2, 0) is 6.42 Å². The van der Waals surface area contributed by atoms with Gasteiger partial charge >= 0.3 is 0 Å². The monoisotopic (exact) mass is 635 g/mol. The number of fused-ring (bicyclic) bond motifs is 1. The lowest BCUT2D eigenvalue weighted by atomic mass is 9.91. The molecule has 232 valence electrons. The van der Waals surface area contributed by atoms with Crippen LogP contribution in [0, 0.1) is 0 Å². The van der Waals surface area contributed by atoms with Crippen LogP contribution in [0.1, 0.15) is 24.4 Å². The van der Waals surface area contributed by atoms with E-state index in [1.807, 2.05) is 12.2 Å². The summed E-state index contributed by atoms with van der Waals surface area (Å²) in [5.74, 6) is 0. The van der Waals surface area contributed by atoms with Crippen molar-refractivity contribution in [3.8, 4) is 55.6 Å². The first kappa shape index (κ1) is 31.1. The van der Waals surface area contributed by atoms with E-state index in [0.717, 1.165) is 22.5 Å². The highest BCUT2D eigenvalue weighted by molar-refractivity contribution is 7.18. The molecule has 1 heterocycles. The van der Waals surface area contributed by atoms with Crippen LogP contribution in [0.25, 0.3) is 71.4 Å². The minimum Gasteiger partial charge on any atom is -0.241 e. The van der Waals surface area contributed by atoms with Crippen molar-refractivity contribution in [1.82, 2.24) is 4.98 Å². The Bertz CT molecular complexity index is 2210. The van der Waals surface area contributed by atoms with Gasteiger partial charge in [0.05, 0.1) is 15.2 Å². The van der Waals surface area contributed by atoms with Gasteiger partial charge in [-0.1, -0.05) is 141 Å². The smallest absolute Gasteiger partial charge is 0.0936 e. The minimum absolute atomic E-state index is 0.915.